The van der Waals surface area contributed by atoms with E-state index in [1.54, 1.807) is 11.8 Å². The van der Waals surface area contributed by atoms with Gasteiger partial charge in [-0.1, -0.05) is 6.07 Å². The molecule has 0 saturated carbocycles. The molecule has 128 valence electrons. The van der Waals surface area contributed by atoms with E-state index in [0.29, 0.717) is 17.6 Å². The Bertz CT molecular complexity index is 813. The highest BCUT2D eigenvalue weighted by Gasteiger charge is 2.16. The number of carbonyl (C=O) groups is 1. The lowest BCUT2D eigenvalue weighted by molar-refractivity contribution is -0.137. The van der Waals surface area contributed by atoms with E-state index in [0.717, 1.165) is 34.9 Å². The van der Waals surface area contributed by atoms with Crippen LogP contribution in [0.5, 0.6) is 0 Å². The van der Waals surface area contributed by atoms with Crippen molar-refractivity contribution in [3.05, 3.63) is 40.2 Å². The third-order valence-electron chi connectivity index (χ3n) is 4.17. The van der Waals surface area contributed by atoms with Crippen molar-refractivity contribution in [2.45, 2.75) is 18.0 Å². The van der Waals surface area contributed by atoms with Crippen LogP contribution < -0.4 is 5.56 Å². The summed E-state index contributed by atoms with van der Waals surface area (Å²) in [4.78, 5) is 27.4. The zero-order valence-electron chi connectivity index (χ0n) is 13.5. The molecule has 0 bridgehead atoms. The number of nitrogens with zero attached hydrogens (tertiary/aromatic N) is 2. The van der Waals surface area contributed by atoms with Gasteiger partial charge in [0.15, 0.2) is 0 Å². The molecular formula is C17H20N2O3S2. The van der Waals surface area contributed by atoms with E-state index in [1.165, 1.54) is 4.57 Å². The lowest BCUT2D eigenvalue weighted by atomic mass is 10.1. The molecule has 1 aromatic heterocycles. The van der Waals surface area contributed by atoms with E-state index in [2.05, 4.69) is 4.90 Å². The SMILES string of the molecule is CSc1ccc2cc(CN3CCSCC3)c(=O)n(CC(=O)O)c2c1. The minimum absolute atomic E-state index is 0.193. The third kappa shape index (κ3) is 3.79. The van der Waals surface area contributed by atoms with Gasteiger partial charge < -0.3 is 5.11 Å². The Morgan fingerprint density at radius 1 is 1.29 bits per heavy atom. The number of rotatable bonds is 5. The summed E-state index contributed by atoms with van der Waals surface area (Å²) < 4.78 is 1.39. The van der Waals surface area contributed by atoms with Gasteiger partial charge >= 0.3 is 5.97 Å². The molecule has 5 nitrogen and oxygen atoms in total. The van der Waals surface area contributed by atoms with Crippen molar-refractivity contribution in [3.63, 3.8) is 0 Å². The van der Waals surface area contributed by atoms with Gasteiger partial charge in [-0.3, -0.25) is 19.1 Å². The summed E-state index contributed by atoms with van der Waals surface area (Å²) in [6.07, 6.45) is 1.96. The molecule has 1 aliphatic rings. The molecular weight excluding hydrogens is 344 g/mol. The van der Waals surface area contributed by atoms with Crippen LogP contribution in [0.15, 0.2) is 34.0 Å². The minimum Gasteiger partial charge on any atom is -0.480 e. The van der Waals surface area contributed by atoms with E-state index in [9.17, 15) is 14.7 Å². The van der Waals surface area contributed by atoms with Crippen molar-refractivity contribution in [2.75, 3.05) is 30.9 Å². The van der Waals surface area contributed by atoms with Gasteiger partial charge in [0.05, 0.1) is 5.52 Å². The molecule has 0 unspecified atom stereocenters. The minimum atomic E-state index is -1.00. The molecule has 1 fully saturated rings. The smallest absolute Gasteiger partial charge is 0.323 e. The number of carboxylic acid groups (broad SMARTS) is 1. The maximum absolute atomic E-state index is 12.9. The number of aliphatic carboxylic acids is 1. The van der Waals surface area contributed by atoms with Crippen molar-refractivity contribution in [2.24, 2.45) is 0 Å². The average molecular weight is 364 g/mol. The highest BCUT2D eigenvalue weighted by molar-refractivity contribution is 7.99. The fourth-order valence-electron chi connectivity index (χ4n) is 2.94. The van der Waals surface area contributed by atoms with Crippen LogP contribution in [0.25, 0.3) is 10.9 Å². The molecule has 0 amide bonds. The van der Waals surface area contributed by atoms with Crippen molar-refractivity contribution in [1.29, 1.82) is 0 Å². The molecule has 3 rings (SSSR count). The molecule has 1 aliphatic heterocycles. The van der Waals surface area contributed by atoms with Gasteiger partial charge in [0, 0.05) is 41.6 Å². The Hall–Kier alpha value is -1.44. The molecule has 1 aromatic carbocycles. The zero-order chi connectivity index (χ0) is 17.1. The predicted molar refractivity (Wildman–Crippen MR) is 100 cm³/mol. The van der Waals surface area contributed by atoms with Gasteiger partial charge in [0.25, 0.3) is 5.56 Å². The van der Waals surface area contributed by atoms with E-state index >= 15 is 0 Å². The molecule has 24 heavy (non-hydrogen) atoms. The van der Waals surface area contributed by atoms with Crippen LogP contribution in [0.4, 0.5) is 0 Å². The second kappa shape index (κ2) is 7.63. The lowest BCUT2D eigenvalue weighted by Crippen LogP contribution is -2.36. The number of aromatic nitrogens is 1. The van der Waals surface area contributed by atoms with E-state index < -0.39 is 5.97 Å². The van der Waals surface area contributed by atoms with Crippen molar-refractivity contribution in [3.8, 4) is 0 Å². The highest BCUT2D eigenvalue weighted by atomic mass is 32.2. The van der Waals surface area contributed by atoms with Crippen molar-refractivity contribution >= 4 is 40.4 Å². The Morgan fingerprint density at radius 2 is 2.04 bits per heavy atom. The first-order valence-corrected chi connectivity index (χ1v) is 10.2. The summed E-state index contributed by atoms with van der Waals surface area (Å²) in [5.41, 5.74) is 1.17. The fourth-order valence-corrected chi connectivity index (χ4v) is 4.36. The monoisotopic (exact) mass is 364 g/mol. The van der Waals surface area contributed by atoms with Gasteiger partial charge in [0.2, 0.25) is 0 Å². The van der Waals surface area contributed by atoms with Crippen LogP contribution in [-0.2, 0) is 17.9 Å². The first-order valence-electron chi connectivity index (χ1n) is 7.81. The maximum atomic E-state index is 12.9. The number of carboxylic acids is 1. The average Bonchev–Trinajstić information content (AvgIpc) is 2.59. The van der Waals surface area contributed by atoms with Crippen LogP contribution in [0.3, 0.4) is 0 Å². The highest BCUT2D eigenvalue weighted by Crippen LogP contribution is 2.22. The second-order valence-corrected chi connectivity index (χ2v) is 7.87. The number of hydrogen-bond acceptors (Lipinski definition) is 5. The normalized spacial score (nSPS) is 15.7. The van der Waals surface area contributed by atoms with Crippen LogP contribution in [-0.4, -0.2) is 51.4 Å². The predicted octanol–water partition coefficient (Wildman–Crippen LogP) is 2.36. The van der Waals surface area contributed by atoms with Gasteiger partial charge in [-0.2, -0.15) is 11.8 Å². The van der Waals surface area contributed by atoms with Crippen molar-refractivity contribution < 1.29 is 9.90 Å². The van der Waals surface area contributed by atoms with E-state index in [-0.39, 0.29) is 12.1 Å². The summed E-state index contributed by atoms with van der Waals surface area (Å²) in [6, 6.07) is 7.78. The van der Waals surface area contributed by atoms with Crippen LogP contribution in [0, 0.1) is 0 Å². The second-order valence-electron chi connectivity index (χ2n) is 5.77. The lowest BCUT2D eigenvalue weighted by Gasteiger charge is -2.26. The third-order valence-corrected chi connectivity index (χ3v) is 5.84. The summed E-state index contributed by atoms with van der Waals surface area (Å²) >= 11 is 3.50. The van der Waals surface area contributed by atoms with Gasteiger partial charge in [-0.05, 0) is 29.8 Å². The van der Waals surface area contributed by atoms with Gasteiger partial charge in [-0.25, -0.2) is 0 Å². The summed E-state index contributed by atoms with van der Waals surface area (Å²) in [6.45, 7) is 2.20. The molecule has 0 spiro atoms. The zero-order valence-corrected chi connectivity index (χ0v) is 15.2. The van der Waals surface area contributed by atoms with Crippen LogP contribution >= 0.6 is 23.5 Å². The molecule has 1 N–H and O–H groups in total. The molecule has 2 heterocycles. The molecule has 2 aromatic rings. The van der Waals surface area contributed by atoms with E-state index in [1.807, 2.05) is 42.3 Å². The maximum Gasteiger partial charge on any atom is 0.323 e. The molecule has 0 aliphatic carbocycles. The van der Waals surface area contributed by atoms with Crippen molar-refractivity contribution in [1.82, 2.24) is 9.47 Å². The first kappa shape index (κ1) is 17.4. The number of thioether (sulfide) groups is 2. The Labute approximate surface area is 149 Å². The van der Waals surface area contributed by atoms with Gasteiger partial charge in [-0.15, -0.1) is 11.8 Å². The number of pyridine rings is 1. The largest absolute Gasteiger partial charge is 0.480 e. The summed E-state index contributed by atoms with van der Waals surface area (Å²) in [7, 11) is 0. The van der Waals surface area contributed by atoms with E-state index in [4.69, 9.17) is 0 Å². The summed E-state index contributed by atoms with van der Waals surface area (Å²) in [5, 5.41) is 10.1. The quantitative estimate of drug-likeness (QED) is 0.822. The standard InChI is InChI=1S/C17H20N2O3S2/c1-23-14-3-2-12-8-13(10-18-4-6-24-7-5-18)17(22)19(11-16(20)21)15(12)9-14/h2-3,8-9H,4-7,10-11H2,1H3,(H,20,21). The number of fused-ring (bicyclic) bond motifs is 1. The topological polar surface area (TPSA) is 62.5 Å². The number of benzene rings is 1. The van der Waals surface area contributed by atoms with Gasteiger partial charge in [0.1, 0.15) is 6.54 Å². The fraction of sp³-hybridized carbons (Fsp3) is 0.412. The molecule has 0 radical (unpaired) electrons. The Balaban J connectivity index is 2.07. The summed E-state index contributed by atoms with van der Waals surface area (Å²) in [5.74, 6) is 1.15. The molecule has 1 saturated heterocycles. The molecule has 0 atom stereocenters. The number of hydrogen-bond donors (Lipinski definition) is 1. The Kier molecular flexibility index (Phi) is 5.53. The Morgan fingerprint density at radius 3 is 2.71 bits per heavy atom. The van der Waals surface area contributed by atoms with Crippen LogP contribution in [0.1, 0.15) is 5.56 Å². The first-order chi connectivity index (χ1) is 11.6. The molecule has 7 heteroatoms. The van der Waals surface area contributed by atoms with Crippen LogP contribution in [0.2, 0.25) is 0 Å².